The first kappa shape index (κ1) is 10.0. The highest BCUT2D eigenvalue weighted by Crippen LogP contribution is 2.18. The summed E-state index contributed by atoms with van der Waals surface area (Å²) in [5.41, 5.74) is 0. The van der Waals surface area contributed by atoms with Crippen LogP contribution in [0.2, 0.25) is 0 Å². The number of likely N-dealkylation sites (N-methyl/N-ethyl adjacent to an activating group) is 1. The Hall–Kier alpha value is -1.08. The third-order valence-electron chi connectivity index (χ3n) is 1.96. The highest BCUT2D eigenvalue weighted by atomic mass is 16.2. The Morgan fingerprint density at radius 2 is 2.38 bits per heavy atom. The molecule has 0 bridgehead atoms. The first-order valence-electron chi connectivity index (χ1n) is 4.57. The molecule has 0 heterocycles. The Labute approximate surface area is 78.5 Å². The van der Waals surface area contributed by atoms with Crippen LogP contribution in [0.15, 0.2) is 0 Å². The Bertz CT molecular complexity index is 217. The predicted octanol–water partition coefficient (Wildman–Crippen LogP) is 0.110. The number of hydrogen-bond donors (Lipinski definition) is 1. The van der Waals surface area contributed by atoms with Crippen molar-refractivity contribution in [3.05, 3.63) is 0 Å². The zero-order chi connectivity index (χ0) is 9.68. The van der Waals surface area contributed by atoms with Crippen LogP contribution in [0.25, 0.3) is 0 Å². The minimum atomic E-state index is 0.0722. The van der Waals surface area contributed by atoms with Crippen molar-refractivity contribution < 1.29 is 4.79 Å². The molecule has 0 saturated heterocycles. The molecule has 1 rings (SSSR count). The average Bonchev–Trinajstić information content (AvgIpc) is 2.84. The number of carbonyl (C=O) groups is 1. The van der Waals surface area contributed by atoms with E-state index in [4.69, 9.17) is 5.26 Å². The van der Waals surface area contributed by atoms with E-state index in [1.54, 1.807) is 0 Å². The van der Waals surface area contributed by atoms with Gasteiger partial charge in [0.25, 0.3) is 0 Å². The third-order valence-corrected chi connectivity index (χ3v) is 1.96. The van der Waals surface area contributed by atoms with Gasteiger partial charge in [-0.1, -0.05) is 0 Å². The summed E-state index contributed by atoms with van der Waals surface area (Å²) in [4.78, 5) is 13.1. The lowest BCUT2D eigenvalue weighted by Crippen LogP contribution is -2.36. The van der Waals surface area contributed by atoms with E-state index in [1.165, 1.54) is 0 Å². The molecule has 0 spiro atoms. The van der Waals surface area contributed by atoms with Crippen LogP contribution in [-0.2, 0) is 4.79 Å². The molecule has 1 fully saturated rings. The van der Waals surface area contributed by atoms with Gasteiger partial charge in [0.15, 0.2) is 0 Å². The minimum absolute atomic E-state index is 0.0722. The van der Waals surface area contributed by atoms with E-state index in [2.05, 4.69) is 11.4 Å². The number of carbonyl (C=O) groups excluding carboxylic acids is 1. The first-order valence-corrected chi connectivity index (χ1v) is 4.57. The molecule has 0 atom stereocenters. The SMILES string of the molecule is CN(CCC#N)CC(=O)NC1CC1. The summed E-state index contributed by atoms with van der Waals surface area (Å²) < 4.78 is 0. The normalized spacial score (nSPS) is 15.5. The maximum Gasteiger partial charge on any atom is 0.234 e. The quantitative estimate of drug-likeness (QED) is 0.655. The summed E-state index contributed by atoms with van der Waals surface area (Å²) in [5, 5.41) is 11.2. The second-order valence-corrected chi connectivity index (χ2v) is 3.49. The Morgan fingerprint density at radius 3 is 2.92 bits per heavy atom. The molecule has 0 aromatic rings. The van der Waals surface area contributed by atoms with Gasteiger partial charge in [0.05, 0.1) is 12.6 Å². The van der Waals surface area contributed by atoms with Crippen LogP contribution >= 0.6 is 0 Å². The van der Waals surface area contributed by atoms with Crippen molar-refractivity contribution >= 4 is 5.91 Å². The summed E-state index contributed by atoms with van der Waals surface area (Å²) in [6.07, 6.45) is 2.72. The molecule has 72 valence electrons. The molecule has 0 aromatic carbocycles. The topological polar surface area (TPSA) is 56.1 Å². The number of amides is 1. The van der Waals surface area contributed by atoms with E-state index < -0.39 is 0 Å². The van der Waals surface area contributed by atoms with Crippen molar-refractivity contribution in [2.75, 3.05) is 20.1 Å². The lowest BCUT2D eigenvalue weighted by atomic mass is 10.4. The smallest absolute Gasteiger partial charge is 0.234 e. The molecule has 4 nitrogen and oxygen atoms in total. The van der Waals surface area contributed by atoms with E-state index >= 15 is 0 Å². The molecule has 1 amide bonds. The summed E-state index contributed by atoms with van der Waals surface area (Å²) in [6.45, 7) is 1.06. The number of nitrogens with zero attached hydrogens (tertiary/aromatic N) is 2. The first-order chi connectivity index (χ1) is 6.22. The van der Waals surface area contributed by atoms with Gasteiger partial charge in [0.1, 0.15) is 0 Å². The summed E-state index contributed by atoms with van der Waals surface area (Å²) in [6, 6.07) is 2.48. The summed E-state index contributed by atoms with van der Waals surface area (Å²) in [7, 11) is 1.85. The Kier molecular flexibility index (Phi) is 3.71. The van der Waals surface area contributed by atoms with Crippen LogP contribution in [0.3, 0.4) is 0 Å². The highest BCUT2D eigenvalue weighted by molar-refractivity contribution is 5.78. The highest BCUT2D eigenvalue weighted by Gasteiger charge is 2.23. The number of rotatable bonds is 5. The van der Waals surface area contributed by atoms with Crippen LogP contribution in [0.4, 0.5) is 0 Å². The molecule has 1 N–H and O–H groups in total. The van der Waals surface area contributed by atoms with Crippen LogP contribution in [0.1, 0.15) is 19.3 Å². The van der Waals surface area contributed by atoms with Gasteiger partial charge in [0, 0.05) is 19.0 Å². The van der Waals surface area contributed by atoms with E-state index in [0.29, 0.717) is 25.6 Å². The molecular formula is C9H15N3O. The zero-order valence-electron chi connectivity index (χ0n) is 7.92. The lowest BCUT2D eigenvalue weighted by Gasteiger charge is -2.13. The van der Waals surface area contributed by atoms with Gasteiger partial charge in [-0.2, -0.15) is 5.26 Å². The van der Waals surface area contributed by atoms with Crippen molar-refractivity contribution in [3.8, 4) is 6.07 Å². The van der Waals surface area contributed by atoms with Crippen LogP contribution in [0, 0.1) is 11.3 Å². The molecule has 4 heteroatoms. The Balaban J connectivity index is 2.07. The van der Waals surface area contributed by atoms with Crippen molar-refractivity contribution in [1.29, 1.82) is 5.26 Å². The van der Waals surface area contributed by atoms with Gasteiger partial charge in [-0.25, -0.2) is 0 Å². The van der Waals surface area contributed by atoms with Crippen molar-refractivity contribution in [1.82, 2.24) is 10.2 Å². The van der Waals surface area contributed by atoms with Gasteiger partial charge < -0.3 is 5.32 Å². The fourth-order valence-electron chi connectivity index (χ4n) is 1.07. The second kappa shape index (κ2) is 4.83. The lowest BCUT2D eigenvalue weighted by molar-refractivity contribution is -0.122. The van der Waals surface area contributed by atoms with Crippen LogP contribution < -0.4 is 5.32 Å². The molecule has 1 aliphatic carbocycles. The Morgan fingerprint density at radius 1 is 1.69 bits per heavy atom. The van der Waals surface area contributed by atoms with Crippen molar-refractivity contribution in [2.24, 2.45) is 0 Å². The molecule has 13 heavy (non-hydrogen) atoms. The largest absolute Gasteiger partial charge is 0.352 e. The molecule has 0 radical (unpaired) electrons. The number of hydrogen-bond acceptors (Lipinski definition) is 3. The maximum atomic E-state index is 11.2. The molecular weight excluding hydrogens is 166 g/mol. The molecule has 0 aromatic heterocycles. The van der Waals surface area contributed by atoms with Crippen molar-refractivity contribution in [2.45, 2.75) is 25.3 Å². The fraction of sp³-hybridized carbons (Fsp3) is 0.778. The molecule has 1 saturated carbocycles. The average molecular weight is 181 g/mol. The van der Waals surface area contributed by atoms with Gasteiger partial charge in [0.2, 0.25) is 5.91 Å². The van der Waals surface area contributed by atoms with Gasteiger partial charge >= 0.3 is 0 Å². The zero-order valence-corrected chi connectivity index (χ0v) is 7.92. The van der Waals surface area contributed by atoms with Crippen molar-refractivity contribution in [3.63, 3.8) is 0 Å². The van der Waals surface area contributed by atoms with E-state index in [0.717, 1.165) is 12.8 Å². The molecule has 1 aliphatic rings. The van der Waals surface area contributed by atoms with Gasteiger partial charge in [-0.15, -0.1) is 0 Å². The second-order valence-electron chi connectivity index (χ2n) is 3.49. The third kappa shape index (κ3) is 4.48. The standard InChI is InChI=1S/C9H15N3O/c1-12(6-2-5-10)7-9(13)11-8-3-4-8/h8H,2-4,6-7H2,1H3,(H,11,13). The monoisotopic (exact) mass is 181 g/mol. The van der Waals surface area contributed by atoms with E-state index in [1.807, 2.05) is 11.9 Å². The summed E-state index contributed by atoms with van der Waals surface area (Å²) in [5.74, 6) is 0.0722. The van der Waals surface area contributed by atoms with E-state index in [9.17, 15) is 4.79 Å². The number of nitriles is 1. The predicted molar refractivity (Wildman–Crippen MR) is 48.9 cm³/mol. The summed E-state index contributed by atoms with van der Waals surface area (Å²) >= 11 is 0. The maximum absolute atomic E-state index is 11.2. The van der Waals surface area contributed by atoms with Crippen LogP contribution in [0.5, 0.6) is 0 Å². The van der Waals surface area contributed by atoms with E-state index in [-0.39, 0.29) is 5.91 Å². The fourth-order valence-corrected chi connectivity index (χ4v) is 1.07. The van der Waals surface area contributed by atoms with Gasteiger partial charge in [-0.05, 0) is 19.9 Å². The van der Waals surface area contributed by atoms with Gasteiger partial charge in [-0.3, -0.25) is 9.69 Å². The molecule has 0 unspecified atom stereocenters. The molecule has 0 aliphatic heterocycles. The minimum Gasteiger partial charge on any atom is -0.352 e. The number of nitrogens with one attached hydrogen (secondary N) is 1. The van der Waals surface area contributed by atoms with Crippen LogP contribution in [-0.4, -0.2) is 37.0 Å².